The van der Waals surface area contributed by atoms with E-state index in [1.807, 2.05) is 12.1 Å². The van der Waals surface area contributed by atoms with E-state index < -0.39 is 32.6 Å². The molecule has 0 fully saturated rings. The zero-order valence-electron chi connectivity index (χ0n) is 15.1. The molecule has 6 heteroatoms. The Kier molecular flexibility index (Phi) is 7.07. The van der Waals surface area contributed by atoms with Crippen LogP contribution >= 0.6 is 17.0 Å². The zero-order valence-corrected chi connectivity index (χ0v) is 19.0. The van der Waals surface area contributed by atoms with E-state index in [1.54, 1.807) is 30.3 Å². The van der Waals surface area contributed by atoms with Gasteiger partial charge in [0, 0.05) is 0 Å². The summed E-state index contributed by atoms with van der Waals surface area (Å²) in [5.41, 5.74) is 5.03. The van der Waals surface area contributed by atoms with Crippen molar-refractivity contribution in [3.8, 4) is 11.1 Å². The predicted molar refractivity (Wildman–Crippen MR) is 108 cm³/mol. The van der Waals surface area contributed by atoms with E-state index in [4.69, 9.17) is 17.0 Å². The molecule has 0 unspecified atom stereocenters. The Labute approximate surface area is 181 Å². The van der Waals surface area contributed by atoms with Gasteiger partial charge in [-0.15, -0.1) is 0 Å². The van der Waals surface area contributed by atoms with Crippen LogP contribution in [-0.4, -0.2) is 0 Å². The van der Waals surface area contributed by atoms with Crippen LogP contribution in [-0.2, 0) is 33.4 Å². The van der Waals surface area contributed by atoms with Crippen molar-refractivity contribution < 1.29 is 34.0 Å². The summed E-state index contributed by atoms with van der Waals surface area (Å²) in [7, 11) is 9.87. The van der Waals surface area contributed by atoms with Gasteiger partial charge < -0.3 is 0 Å². The van der Waals surface area contributed by atoms with E-state index in [0.29, 0.717) is 5.39 Å². The molecule has 0 nitrogen and oxygen atoms in total. The Morgan fingerprint density at radius 2 is 1.57 bits per heavy atom. The average Bonchev–Trinajstić information content (AvgIpc) is 3.10. The van der Waals surface area contributed by atoms with E-state index in [1.165, 1.54) is 17.2 Å². The minimum absolute atomic E-state index is 0.253. The maximum atomic E-state index is 13.4. The molecule has 3 aromatic carbocycles. The third-order valence-electron chi connectivity index (χ3n) is 4.94. The van der Waals surface area contributed by atoms with E-state index in [9.17, 15) is 13.2 Å². The fraction of sp³-hybridized carbons (Fsp3) is 0.182. The van der Waals surface area contributed by atoms with Crippen LogP contribution < -0.4 is 0 Å². The molecule has 0 N–H and O–H groups in total. The van der Waals surface area contributed by atoms with Gasteiger partial charge in [-0.3, -0.25) is 0 Å². The maximum absolute atomic E-state index is 13.4. The van der Waals surface area contributed by atoms with Crippen LogP contribution in [0.1, 0.15) is 30.0 Å². The molecule has 1 aliphatic carbocycles. The normalized spacial score (nSPS) is 12.9. The summed E-state index contributed by atoms with van der Waals surface area (Å²) in [6.45, 7) is 2.13. The van der Waals surface area contributed by atoms with Crippen molar-refractivity contribution in [2.45, 2.75) is 25.9 Å². The van der Waals surface area contributed by atoms with Crippen molar-refractivity contribution in [1.29, 1.82) is 0 Å². The Morgan fingerprint density at radius 3 is 2.21 bits per heavy atom. The molecule has 4 rings (SSSR count). The second-order valence-electron chi connectivity index (χ2n) is 6.49. The number of halogens is 5. The second kappa shape index (κ2) is 9.16. The number of fused-ring (bicyclic) bond motifs is 2. The Bertz CT molecular complexity index is 1030. The van der Waals surface area contributed by atoms with Gasteiger partial charge in [0.2, 0.25) is 0 Å². The monoisotopic (exact) mass is 498 g/mol. The van der Waals surface area contributed by atoms with Crippen molar-refractivity contribution >= 4 is 33.9 Å². The summed E-state index contributed by atoms with van der Waals surface area (Å²) < 4.78 is 40.1. The van der Waals surface area contributed by atoms with Crippen LogP contribution in [0.25, 0.3) is 28.0 Å². The first-order chi connectivity index (χ1) is 13.4. The molecular formula is C22H17Cl2F3Zr. The zero-order chi connectivity index (χ0) is 20.3. The molecule has 0 radical (unpaired) electrons. The molecule has 0 saturated heterocycles. The van der Waals surface area contributed by atoms with Gasteiger partial charge in [0.15, 0.2) is 0 Å². The average molecular weight is 501 g/mol. The quantitative estimate of drug-likeness (QED) is 0.332. The third kappa shape index (κ3) is 4.40. The van der Waals surface area contributed by atoms with Gasteiger partial charge in [0.05, 0.1) is 5.56 Å². The van der Waals surface area contributed by atoms with Gasteiger partial charge in [-0.2, -0.15) is 13.2 Å². The first-order valence-corrected chi connectivity index (χ1v) is 15.1. The molecule has 0 spiro atoms. The standard InChI is InChI=1S/C22H17F3.2ClH.Zr/c1-2-14-12-15-6-5-9-17(20(15)13-14)18-10-11-21(22(23,24)25)19-8-4-3-7-16(18)19;;;/h3-11,13H,2,12H2,1H3;2*1H;/q;;;+2/p-2. The molecule has 0 bridgehead atoms. The van der Waals surface area contributed by atoms with Crippen LogP contribution in [0.2, 0.25) is 0 Å². The van der Waals surface area contributed by atoms with Gasteiger partial charge in [-0.25, -0.2) is 0 Å². The molecule has 0 aliphatic heterocycles. The van der Waals surface area contributed by atoms with Crippen molar-refractivity contribution in [2.75, 3.05) is 0 Å². The number of alkyl halides is 3. The van der Waals surface area contributed by atoms with Crippen LogP contribution in [0, 0.1) is 0 Å². The van der Waals surface area contributed by atoms with E-state index in [0.717, 1.165) is 29.5 Å². The summed E-state index contributed by atoms with van der Waals surface area (Å²) >= 11 is -0.826. The Hall–Kier alpha value is -1.09. The Morgan fingerprint density at radius 1 is 0.893 bits per heavy atom. The van der Waals surface area contributed by atoms with Crippen LogP contribution in [0.5, 0.6) is 0 Å². The van der Waals surface area contributed by atoms with Gasteiger partial charge >= 0.3 is 44.1 Å². The van der Waals surface area contributed by atoms with E-state index in [2.05, 4.69) is 19.1 Å². The molecule has 3 aromatic rings. The molecule has 0 aromatic heterocycles. The van der Waals surface area contributed by atoms with Crippen molar-refractivity contribution in [3.05, 3.63) is 76.9 Å². The molecule has 1 aliphatic rings. The van der Waals surface area contributed by atoms with Gasteiger partial charge in [-0.05, 0) is 51.9 Å². The number of rotatable bonds is 2. The fourth-order valence-electron chi connectivity index (χ4n) is 3.68. The molecule has 0 amide bonds. The van der Waals surface area contributed by atoms with Crippen molar-refractivity contribution in [1.82, 2.24) is 0 Å². The third-order valence-corrected chi connectivity index (χ3v) is 4.94. The van der Waals surface area contributed by atoms with Crippen molar-refractivity contribution in [2.24, 2.45) is 0 Å². The first kappa shape index (κ1) is 21.6. The predicted octanol–water partition coefficient (Wildman–Crippen LogP) is 8.25. The number of benzene rings is 3. The molecule has 144 valence electrons. The Balaban J connectivity index is 0.000000706. The summed E-state index contributed by atoms with van der Waals surface area (Å²) in [6.07, 6.45) is -0.247. The molecule has 28 heavy (non-hydrogen) atoms. The summed E-state index contributed by atoms with van der Waals surface area (Å²) in [6, 6.07) is 15.7. The molecular weight excluding hydrogens is 483 g/mol. The second-order valence-corrected chi connectivity index (χ2v) is 10.2. The van der Waals surface area contributed by atoms with Crippen molar-refractivity contribution in [3.63, 3.8) is 0 Å². The number of hydrogen-bond donors (Lipinski definition) is 0. The van der Waals surface area contributed by atoms with Gasteiger partial charge in [0.25, 0.3) is 0 Å². The summed E-state index contributed by atoms with van der Waals surface area (Å²) in [5.74, 6) is 0. The van der Waals surface area contributed by atoms with Gasteiger partial charge in [-0.1, -0.05) is 67.1 Å². The molecule has 0 heterocycles. The number of allylic oxidation sites excluding steroid dienone is 1. The topological polar surface area (TPSA) is 0 Å². The van der Waals surface area contributed by atoms with E-state index in [-0.39, 0.29) is 5.39 Å². The summed E-state index contributed by atoms with van der Waals surface area (Å²) in [4.78, 5) is 0. The summed E-state index contributed by atoms with van der Waals surface area (Å²) in [5, 5.41) is 0.895. The van der Waals surface area contributed by atoms with E-state index >= 15 is 0 Å². The van der Waals surface area contributed by atoms with Gasteiger partial charge in [0.1, 0.15) is 0 Å². The van der Waals surface area contributed by atoms with Crippen LogP contribution in [0.4, 0.5) is 13.2 Å². The fourth-order valence-corrected chi connectivity index (χ4v) is 3.68. The molecule has 0 atom stereocenters. The number of hydrogen-bond acceptors (Lipinski definition) is 0. The van der Waals surface area contributed by atoms with Crippen LogP contribution in [0.15, 0.2) is 60.2 Å². The SMILES string of the molecule is CCC1=Cc2c(cccc2-c2ccc(C(F)(F)F)c3ccccc23)C1.[Cl][Zr][Cl]. The first-order valence-electron chi connectivity index (χ1n) is 8.77. The van der Waals surface area contributed by atoms with Crippen LogP contribution in [0.3, 0.4) is 0 Å². The minimum atomic E-state index is -4.36. The molecule has 0 saturated carbocycles.